The van der Waals surface area contributed by atoms with Crippen LogP contribution in [0.5, 0.6) is 5.75 Å². The summed E-state index contributed by atoms with van der Waals surface area (Å²) < 4.78 is 5.28. The summed E-state index contributed by atoms with van der Waals surface area (Å²) in [5.41, 5.74) is 7.53. The Morgan fingerprint density at radius 2 is 2.10 bits per heavy atom. The van der Waals surface area contributed by atoms with Crippen molar-refractivity contribution >= 4 is 5.91 Å². The van der Waals surface area contributed by atoms with Crippen molar-refractivity contribution in [2.45, 2.75) is 45.1 Å². The fourth-order valence-electron chi connectivity index (χ4n) is 3.12. The predicted octanol–water partition coefficient (Wildman–Crippen LogP) is 2.64. The Kier molecular flexibility index (Phi) is 5.62. The Bertz CT molecular complexity index is 482. The maximum Gasteiger partial charge on any atom is 0.251 e. The zero-order valence-electron chi connectivity index (χ0n) is 13.0. The molecular formula is C17H26N2O2. The lowest BCUT2D eigenvalue weighted by atomic mass is 9.84. The van der Waals surface area contributed by atoms with Gasteiger partial charge in [-0.25, -0.2) is 0 Å². The highest BCUT2D eigenvalue weighted by Gasteiger charge is 2.24. The van der Waals surface area contributed by atoms with Crippen LogP contribution in [0.25, 0.3) is 0 Å². The minimum atomic E-state index is -0.0608. The molecule has 1 unspecified atom stereocenters. The van der Waals surface area contributed by atoms with Crippen molar-refractivity contribution in [3.63, 3.8) is 0 Å². The highest BCUT2D eigenvalue weighted by Crippen LogP contribution is 2.26. The predicted molar refractivity (Wildman–Crippen MR) is 84.6 cm³/mol. The number of rotatable bonds is 5. The van der Waals surface area contributed by atoms with Gasteiger partial charge in [0.25, 0.3) is 5.91 Å². The van der Waals surface area contributed by atoms with E-state index in [0.29, 0.717) is 18.0 Å². The molecule has 0 bridgehead atoms. The van der Waals surface area contributed by atoms with Gasteiger partial charge in [0.05, 0.1) is 7.11 Å². The van der Waals surface area contributed by atoms with Gasteiger partial charge in [-0.1, -0.05) is 25.3 Å². The van der Waals surface area contributed by atoms with Gasteiger partial charge >= 0.3 is 0 Å². The Morgan fingerprint density at radius 3 is 2.71 bits per heavy atom. The van der Waals surface area contributed by atoms with Crippen LogP contribution in [-0.4, -0.2) is 25.6 Å². The van der Waals surface area contributed by atoms with E-state index in [2.05, 4.69) is 5.32 Å². The normalized spacial score (nSPS) is 17.3. The van der Waals surface area contributed by atoms with E-state index in [-0.39, 0.29) is 11.9 Å². The fourth-order valence-corrected chi connectivity index (χ4v) is 3.12. The summed E-state index contributed by atoms with van der Waals surface area (Å²) in [5.74, 6) is 1.19. The first-order valence-corrected chi connectivity index (χ1v) is 7.81. The van der Waals surface area contributed by atoms with E-state index in [1.165, 1.54) is 32.1 Å². The summed E-state index contributed by atoms with van der Waals surface area (Å²) in [6.07, 6.45) is 6.13. The molecule has 0 aromatic heterocycles. The van der Waals surface area contributed by atoms with Crippen molar-refractivity contribution in [3.8, 4) is 5.75 Å². The molecule has 1 aliphatic carbocycles. The van der Waals surface area contributed by atoms with Crippen molar-refractivity contribution < 1.29 is 9.53 Å². The lowest BCUT2D eigenvalue weighted by Gasteiger charge is -2.30. The van der Waals surface area contributed by atoms with Gasteiger partial charge in [-0.3, -0.25) is 4.79 Å². The standard InChI is InChI=1S/C17H26N2O2/c1-12-8-9-14(10-16(12)21-2)17(20)19-15(11-18)13-6-4-3-5-7-13/h8-10,13,15H,3-7,11,18H2,1-2H3,(H,19,20). The summed E-state index contributed by atoms with van der Waals surface area (Å²) >= 11 is 0. The number of nitrogens with one attached hydrogen (secondary N) is 1. The third-order valence-electron chi connectivity index (χ3n) is 4.46. The van der Waals surface area contributed by atoms with Crippen LogP contribution in [0.1, 0.15) is 48.0 Å². The minimum Gasteiger partial charge on any atom is -0.496 e. The number of nitrogens with two attached hydrogens (primary N) is 1. The molecule has 1 saturated carbocycles. The van der Waals surface area contributed by atoms with Gasteiger partial charge in [0, 0.05) is 18.2 Å². The molecule has 1 atom stereocenters. The molecule has 0 aliphatic heterocycles. The van der Waals surface area contributed by atoms with E-state index in [4.69, 9.17) is 10.5 Å². The molecule has 1 aliphatic rings. The smallest absolute Gasteiger partial charge is 0.251 e. The molecule has 4 heteroatoms. The van der Waals surface area contributed by atoms with Crippen LogP contribution >= 0.6 is 0 Å². The van der Waals surface area contributed by atoms with Crippen molar-refractivity contribution in [2.75, 3.05) is 13.7 Å². The summed E-state index contributed by atoms with van der Waals surface area (Å²) in [6.45, 7) is 2.46. The van der Waals surface area contributed by atoms with E-state index >= 15 is 0 Å². The van der Waals surface area contributed by atoms with Gasteiger partial charge in [0.1, 0.15) is 5.75 Å². The molecule has 1 aromatic rings. The molecule has 2 rings (SSSR count). The Labute approximate surface area is 127 Å². The highest BCUT2D eigenvalue weighted by atomic mass is 16.5. The number of aryl methyl sites for hydroxylation is 1. The van der Waals surface area contributed by atoms with Crippen LogP contribution in [0.3, 0.4) is 0 Å². The average Bonchev–Trinajstić information content (AvgIpc) is 2.53. The van der Waals surface area contributed by atoms with Gasteiger partial charge in [0.2, 0.25) is 0 Å². The molecule has 1 aromatic carbocycles. The number of hydrogen-bond donors (Lipinski definition) is 2. The first kappa shape index (κ1) is 15.8. The maximum atomic E-state index is 12.4. The van der Waals surface area contributed by atoms with Gasteiger partial charge in [-0.15, -0.1) is 0 Å². The Balaban J connectivity index is 2.04. The second kappa shape index (κ2) is 7.46. The third-order valence-corrected chi connectivity index (χ3v) is 4.46. The van der Waals surface area contributed by atoms with E-state index < -0.39 is 0 Å². The molecule has 0 radical (unpaired) electrons. The van der Waals surface area contributed by atoms with Crippen LogP contribution < -0.4 is 15.8 Å². The lowest BCUT2D eigenvalue weighted by molar-refractivity contribution is 0.0915. The molecule has 0 spiro atoms. The van der Waals surface area contributed by atoms with Crippen molar-refractivity contribution in [3.05, 3.63) is 29.3 Å². The number of carbonyl (C=O) groups is 1. The minimum absolute atomic E-state index is 0.0608. The summed E-state index contributed by atoms with van der Waals surface area (Å²) in [7, 11) is 1.62. The van der Waals surface area contributed by atoms with Crippen LogP contribution in [0.4, 0.5) is 0 Å². The lowest BCUT2D eigenvalue weighted by Crippen LogP contribution is -2.45. The second-order valence-corrected chi connectivity index (χ2v) is 5.90. The topological polar surface area (TPSA) is 64.3 Å². The molecule has 0 heterocycles. The van der Waals surface area contributed by atoms with E-state index in [9.17, 15) is 4.79 Å². The van der Waals surface area contributed by atoms with Gasteiger partial charge in [-0.2, -0.15) is 0 Å². The molecule has 21 heavy (non-hydrogen) atoms. The number of amides is 1. The fraction of sp³-hybridized carbons (Fsp3) is 0.588. The largest absolute Gasteiger partial charge is 0.496 e. The van der Waals surface area contributed by atoms with Crippen molar-refractivity contribution in [2.24, 2.45) is 11.7 Å². The van der Waals surface area contributed by atoms with Crippen molar-refractivity contribution in [1.29, 1.82) is 0 Å². The molecule has 0 saturated heterocycles. The molecule has 3 N–H and O–H groups in total. The maximum absolute atomic E-state index is 12.4. The van der Waals surface area contributed by atoms with Gasteiger partial charge in [-0.05, 0) is 43.4 Å². The van der Waals surface area contributed by atoms with Crippen LogP contribution in [-0.2, 0) is 0 Å². The molecule has 1 amide bonds. The molecule has 4 nitrogen and oxygen atoms in total. The Morgan fingerprint density at radius 1 is 1.38 bits per heavy atom. The summed E-state index contributed by atoms with van der Waals surface area (Å²) in [6, 6.07) is 5.61. The van der Waals surface area contributed by atoms with Crippen LogP contribution in [0, 0.1) is 12.8 Å². The number of hydrogen-bond acceptors (Lipinski definition) is 3. The number of ether oxygens (including phenoxy) is 1. The highest BCUT2D eigenvalue weighted by molar-refractivity contribution is 5.95. The summed E-state index contributed by atoms with van der Waals surface area (Å²) in [4.78, 5) is 12.4. The first-order chi connectivity index (χ1) is 10.2. The van der Waals surface area contributed by atoms with Crippen LogP contribution in [0.15, 0.2) is 18.2 Å². The SMILES string of the molecule is COc1cc(C(=O)NC(CN)C2CCCCC2)ccc1C. The van der Waals surface area contributed by atoms with Crippen molar-refractivity contribution in [1.82, 2.24) is 5.32 Å². The summed E-state index contributed by atoms with van der Waals surface area (Å²) in [5, 5.41) is 3.10. The van der Waals surface area contributed by atoms with Gasteiger partial charge < -0.3 is 15.8 Å². The van der Waals surface area contributed by atoms with E-state index in [1.54, 1.807) is 13.2 Å². The zero-order chi connectivity index (χ0) is 15.2. The quantitative estimate of drug-likeness (QED) is 0.876. The third kappa shape index (κ3) is 3.97. The molecular weight excluding hydrogens is 264 g/mol. The average molecular weight is 290 g/mol. The monoisotopic (exact) mass is 290 g/mol. The second-order valence-electron chi connectivity index (χ2n) is 5.90. The Hall–Kier alpha value is -1.55. The van der Waals surface area contributed by atoms with Gasteiger partial charge in [0.15, 0.2) is 0 Å². The van der Waals surface area contributed by atoms with E-state index in [1.807, 2.05) is 19.1 Å². The first-order valence-electron chi connectivity index (χ1n) is 7.81. The number of carbonyl (C=O) groups excluding carboxylic acids is 1. The zero-order valence-corrected chi connectivity index (χ0v) is 13.0. The van der Waals surface area contributed by atoms with Crippen LogP contribution in [0.2, 0.25) is 0 Å². The van der Waals surface area contributed by atoms with E-state index in [0.717, 1.165) is 11.3 Å². The molecule has 116 valence electrons. The number of methoxy groups -OCH3 is 1. The molecule has 1 fully saturated rings. The number of benzene rings is 1.